The summed E-state index contributed by atoms with van der Waals surface area (Å²) in [7, 11) is 0. The average molecular weight is 310 g/mol. The number of carbonyl (C=O) groups excluding carboxylic acids is 1. The van der Waals surface area contributed by atoms with Crippen LogP contribution in [0.2, 0.25) is 0 Å². The standard InChI is InChI=1S/C11H14N6O3S/c12-2-4-17-5-7(15-16-17)10(18)13-3-1-9-14-8(6-21-9)11(19)20/h5-6H,1-4,12H2,(H,13,18)(H,19,20). The van der Waals surface area contributed by atoms with Crippen molar-refractivity contribution in [2.24, 2.45) is 5.73 Å². The summed E-state index contributed by atoms with van der Waals surface area (Å²) in [6.45, 7) is 1.26. The molecule has 0 fully saturated rings. The maximum absolute atomic E-state index is 11.8. The Morgan fingerprint density at radius 1 is 1.43 bits per heavy atom. The first kappa shape index (κ1) is 15.1. The number of nitrogens with zero attached hydrogens (tertiary/aromatic N) is 4. The van der Waals surface area contributed by atoms with Gasteiger partial charge in [-0.3, -0.25) is 9.48 Å². The van der Waals surface area contributed by atoms with Gasteiger partial charge in [0.2, 0.25) is 0 Å². The van der Waals surface area contributed by atoms with E-state index in [4.69, 9.17) is 10.8 Å². The fraction of sp³-hybridized carbons (Fsp3) is 0.364. The molecule has 0 bridgehead atoms. The second-order valence-electron chi connectivity index (χ2n) is 4.09. The van der Waals surface area contributed by atoms with Gasteiger partial charge in [-0.05, 0) is 0 Å². The van der Waals surface area contributed by atoms with Crippen molar-refractivity contribution >= 4 is 23.2 Å². The number of amides is 1. The summed E-state index contributed by atoms with van der Waals surface area (Å²) in [4.78, 5) is 26.4. The molecule has 2 rings (SSSR count). The van der Waals surface area contributed by atoms with E-state index < -0.39 is 5.97 Å². The van der Waals surface area contributed by atoms with Crippen molar-refractivity contribution in [3.05, 3.63) is 28.0 Å². The molecule has 0 aliphatic carbocycles. The zero-order valence-electron chi connectivity index (χ0n) is 11.0. The van der Waals surface area contributed by atoms with Gasteiger partial charge in [0, 0.05) is 24.9 Å². The lowest BCUT2D eigenvalue weighted by Gasteiger charge is -2.00. The number of rotatable bonds is 7. The van der Waals surface area contributed by atoms with E-state index in [2.05, 4.69) is 20.6 Å². The van der Waals surface area contributed by atoms with Gasteiger partial charge in [0.25, 0.3) is 5.91 Å². The SMILES string of the molecule is NCCn1cc(C(=O)NCCc2nc(C(=O)O)cs2)nn1. The van der Waals surface area contributed by atoms with Gasteiger partial charge in [-0.2, -0.15) is 0 Å². The minimum absolute atomic E-state index is 0.0195. The van der Waals surface area contributed by atoms with Gasteiger partial charge in [-0.15, -0.1) is 16.4 Å². The fourth-order valence-corrected chi connectivity index (χ4v) is 2.31. The highest BCUT2D eigenvalue weighted by molar-refractivity contribution is 7.09. The van der Waals surface area contributed by atoms with Crippen molar-refractivity contribution < 1.29 is 14.7 Å². The summed E-state index contributed by atoms with van der Waals surface area (Å²) in [5.74, 6) is -1.40. The summed E-state index contributed by atoms with van der Waals surface area (Å²) < 4.78 is 1.49. The quantitative estimate of drug-likeness (QED) is 0.619. The lowest BCUT2D eigenvalue weighted by atomic mass is 10.4. The number of carboxylic acid groups (broad SMARTS) is 1. The molecule has 2 aromatic rings. The first-order chi connectivity index (χ1) is 10.1. The van der Waals surface area contributed by atoms with Crippen molar-refractivity contribution in [1.29, 1.82) is 0 Å². The molecule has 2 aromatic heterocycles. The first-order valence-electron chi connectivity index (χ1n) is 6.16. The average Bonchev–Trinajstić information content (AvgIpc) is 3.08. The highest BCUT2D eigenvalue weighted by Gasteiger charge is 2.11. The lowest BCUT2D eigenvalue weighted by Crippen LogP contribution is -2.26. The van der Waals surface area contributed by atoms with Crippen LogP contribution in [0.5, 0.6) is 0 Å². The van der Waals surface area contributed by atoms with Crippen LogP contribution in [0.15, 0.2) is 11.6 Å². The van der Waals surface area contributed by atoms with E-state index in [1.54, 1.807) is 0 Å². The van der Waals surface area contributed by atoms with Crippen LogP contribution in [0.4, 0.5) is 0 Å². The maximum Gasteiger partial charge on any atom is 0.355 e. The van der Waals surface area contributed by atoms with Crippen LogP contribution in [0.3, 0.4) is 0 Å². The highest BCUT2D eigenvalue weighted by Crippen LogP contribution is 2.09. The Labute approximate surface area is 123 Å². The second-order valence-corrected chi connectivity index (χ2v) is 5.04. The van der Waals surface area contributed by atoms with Crippen LogP contribution in [-0.2, 0) is 13.0 Å². The summed E-state index contributed by atoms with van der Waals surface area (Å²) >= 11 is 1.25. The predicted molar refractivity (Wildman–Crippen MR) is 74.2 cm³/mol. The molecule has 0 aliphatic heterocycles. The molecule has 4 N–H and O–H groups in total. The molecule has 0 aromatic carbocycles. The molecular formula is C11H14N6O3S. The summed E-state index contributed by atoms with van der Waals surface area (Å²) in [6.07, 6.45) is 1.98. The van der Waals surface area contributed by atoms with Gasteiger partial charge in [0.05, 0.1) is 17.7 Å². The van der Waals surface area contributed by atoms with Crippen molar-refractivity contribution in [2.75, 3.05) is 13.1 Å². The third-order valence-corrected chi connectivity index (χ3v) is 3.43. The Kier molecular flexibility index (Phi) is 4.95. The number of hydrogen-bond donors (Lipinski definition) is 3. The third-order valence-electron chi connectivity index (χ3n) is 2.52. The molecule has 0 spiro atoms. The molecule has 10 heteroatoms. The lowest BCUT2D eigenvalue weighted by molar-refractivity contribution is 0.0690. The van der Waals surface area contributed by atoms with E-state index in [1.165, 1.54) is 27.6 Å². The van der Waals surface area contributed by atoms with Crippen LogP contribution in [-0.4, -0.2) is 50.1 Å². The van der Waals surface area contributed by atoms with Crippen molar-refractivity contribution in [1.82, 2.24) is 25.3 Å². The Balaban J connectivity index is 1.81. The fourth-order valence-electron chi connectivity index (χ4n) is 1.54. The molecule has 112 valence electrons. The third kappa shape index (κ3) is 4.07. The number of carboxylic acids is 1. The number of nitrogens with one attached hydrogen (secondary N) is 1. The van der Waals surface area contributed by atoms with E-state index in [0.717, 1.165) is 0 Å². The number of carbonyl (C=O) groups is 2. The number of nitrogens with two attached hydrogens (primary N) is 1. The van der Waals surface area contributed by atoms with Gasteiger partial charge in [0.1, 0.15) is 0 Å². The Morgan fingerprint density at radius 3 is 2.90 bits per heavy atom. The van der Waals surface area contributed by atoms with Crippen LogP contribution in [0.1, 0.15) is 26.0 Å². The largest absolute Gasteiger partial charge is 0.476 e. The van der Waals surface area contributed by atoms with Crippen LogP contribution in [0, 0.1) is 0 Å². The summed E-state index contributed by atoms with van der Waals surface area (Å²) in [6, 6.07) is 0. The second kappa shape index (κ2) is 6.90. The normalized spacial score (nSPS) is 10.5. The number of aromatic nitrogens is 4. The predicted octanol–water partition coefficient (Wildman–Crippen LogP) is -0.636. The van der Waals surface area contributed by atoms with E-state index in [0.29, 0.717) is 31.1 Å². The highest BCUT2D eigenvalue weighted by atomic mass is 32.1. The van der Waals surface area contributed by atoms with E-state index in [1.807, 2.05) is 0 Å². The van der Waals surface area contributed by atoms with E-state index in [9.17, 15) is 9.59 Å². The number of thiazole rings is 1. The van der Waals surface area contributed by atoms with Gasteiger partial charge in [-0.1, -0.05) is 5.21 Å². The van der Waals surface area contributed by atoms with Gasteiger partial charge >= 0.3 is 5.97 Å². The van der Waals surface area contributed by atoms with E-state index >= 15 is 0 Å². The molecule has 21 heavy (non-hydrogen) atoms. The molecular weight excluding hydrogens is 296 g/mol. The van der Waals surface area contributed by atoms with Gasteiger partial charge < -0.3 is 16.2 Å². The van der Waals surface area contributed by atoms with Crippen LogP contribution < -0.4 is 11.1 Å². The van der Waals surface area contributed by atoms with Crippen molar-refractivity contribution in [3.8, 4) is 0 Å². The first-order valence-corrected chi connectivity index (χ1v) is 7.04. The maximum atomic E-state index is 11.8. The minimum Gasteiger partial charge on any atom is -0.476 e. The smallest absolute Gasteiger partial charge is 0.355 e. The molecule has 0 saturated heterocycles. The number of aromatic carboxylic acids is 1. The number of hydrogen-bond acceptors (Lipinski definition) is 7. The summed E-state index contributed by atoms with van der Waals surface area (Å²) in [5.41, 5.74) is 5.61. The van der Waals surface area contributed by atoms with Crippen LogP contribution >= 0.6 is 11.3 Å². The van der Waals surface area contributed by atoms with Gasteiger partial charge in [-0.25, -0.2) is 9.78 Å². The molecule has 1 amide bonds. The Bertz CT molecular complexity index is 637. The molecule has 0 saturated carbocycles. The van der Waals surface area contributed by atoms with Crippen LogP contribution in [0.25, 0.3) is 0 Å². The monoisotopic (exact) mass is 310 g/mol. The zero-order chi connectivity index (χ0) is 15.2. The molecule has 0 unspecified atom stereocenters. The zero-order valence-corrected chi connectivity index (χ0v) is 11.8. The topological polar surface area (TPSA) is 136 Å². The van der Waals surface area contributed by atoms with Crippen molar-refractivity contribution in [2.45, 2.75) is 13.0 Å². The molecule has 0 aliphatic rings. The Morgan fingerprint density at radius 2 is 2.24 bits per heavy atom. The molecule has 0 atom stereocenters. The van der Waals surface area contributed by atoms with Gasteiger partial charge in [0.15, 0.2) is 11.4 Å². The molecule has 0 radical (unpaired) electrons. The summed E-state index contributed by atoms with van der Waals surface area (Å²) in [5, 5.41) is 21.1. The van der Waals surface area contributed by atoms with E-state index in [-0.39, 0.29) is 17.3 Å². The Hall–Kier alpha value is -2.33. The minimum atomic E-state index is -1.06. The van der Waals surface area contributed by atoms with Crippen molar-refractivity contribution in [3.63, 3.8) is 0 Å². The molecule has 9 nitrogen and oxygen atoms in total. The molecule has 2 heterocycles.